The Hall–Kier alpha value is -1.88. The molecule has 0 radical (unpaired) electrons. The van der Waals surface area contributed by atoms with E-state index < -0.39 is 0 Å². The third-order valence-electron chi connectivity index (χ3n) is 2.44. The fraction of sp³-hybridized carbons (Fsp3) is 0.385. The van der Waals surface area contributed by atoms with Gasteiger partial charge in [0.2, 0.25) is 11.8 Å². The molecular weight excluding hydrogens is 230 g/mol. The zero-order valence-corrected chi connectivity index (χ0v) is 10.5. The van der Waals surface area contributed by atoms with Crippen molar-refractivity contribution in [1.29, 1.82) is 0 Å². The standard InChI is InChI=1S/C13H19N3O2/c1-10-3-2-4-11(9-10)5-6-12(17)15-16-13(18)7-8-14/h2-4,9H,5-8,14H2,1H3,(H,15,17)(H,16,18). The molecule has 0 spiro atoms. The van der Waals surface area contributed by atoms with E-state index in [0.29, 0.717) is 12.8 Å². The highest BCUT2D eigenvalue weighted by Crippen LogP contribution is 2.06. The normalized spacial score (nSPS) is 9.89. The molecule has 0 saturated heterocycles. The van der Waals surface area contributed by atoms with Crippen LogP contribution in [0, 0.1) is 6.92 Å². The van der Waals surface area contributed by atoms with Crippen LogP contribution in [-0.2, 0) is 16.0 Å². The minimum absolute atomic E-state index is 0.207. The molecule has 0 aliphatic heterocycles. The third kappa shape index (κ3) is 5.45. The summed E-state index contributed by atoms with van der Waals surface area (Å²) in [4.78, 5) is 22.5. The highest BCUT2D eigenvalue weighted by Gasteiger charge is 2.04. The topological polar surface area (TPSA) is 84.2 Å². The van der Waals surface area contributed by atoms with E-state index in [1.54, 1.807) is 0 Å². The van der Waals surface area contributed by atoms with Gasteiger partial charge in [0.25, 0.3) is 0 Å². The zero-order chi connectivity index (χ0) is 13.4. The molecule has 18 heavy (non-hydrogen) atoms. The van der Waals surface area contributed by atoms with Crippen molar-refractivity contribution < 1.29 is 9.59 Å². The van der Waals surface area contributed by atoms with E-state index in [0.717, 1.165) is 5.56 Å². The van der Waals surface area contributed by atoms with Crippen LogP contribution >= 0.6 is 0 Å². The van der Waals surface area contributed by atoms with E-state index in [9.17, 15) is 9.59 Å². The van der Waals surface area contributed by atoms with Crippen molar-refractivity contribution in [1.82, 2.24) is 10.9 Å². The number of hydrogen-bond donors (Lipinski definition) is 3. The van der Waals surface area contributed by atoms with Crippen LogP contribution in [0.5, 0.6) is 0 Å². The first-order valence-corrected chi connectivity index (χ1v) is 5.95. The van der Waals surface area contributed by atoms with Crippen molar-refractivity contribution in [3.05, 3.63) is 35.4 Å². The lowest BCUT2D eigenvalue weighted by molar-refractivity contribution is -0.128. The fourth-order valence-corrected chi connectivity index (χ4v) is 1.52. The molecule has 0 aliphatic rings. The summed E-state index contributed by atoms with van der Waals surface area (Å²) in [5.41, 5.74) is 12.2. The number of hydrazine groups is 1. The Morgan fingerprint density at radius 1 is 1.17 bits per heavy atom. The summed E-state index contributed by atoms with van der Waals surface area (Å²) in [5, 5.41) is 0. The van der Waals surface area contributed by atoms with Gasteiger partial charge in [-0.2, -0.15) is 0 Å². The van der Waals surface area contributed by atoms with Crippen molar-refractivity contribution in [3.63, 3.8) is 0 Å². The van der Waals surface area contributed by atoms with Crippen molar-refractivity contribution in [2.24, 2.45) is 5.73 Å². The van der Waals surface area contributed by atoms with Gasteiger partial charge in [0, 0.05) is 19.4 Å². The highest BCUT2D eigenvalue weighted by atomic mass is 16.2. The highest BCUT2D eigenvalue weighted by molar-refractivity contribution is 5.82. The van der Waals surface area contributed by atoms with Gasteiger partial charge in [0.15, 0.2) is 0 Å². The van der Waals surface area contributed by atoms with Gasteiger partial charge in [-0.15, -0.1) is 0 Å². The molecule has 98 valence electrons. The number of carbonyl (C=O) groups excluding carboxylic acids is 2. The average molecular weight is 249 g/mol. The van der Waals surface area contributed by atoms with Gasteiger partial charge in [-0.3, -0.25) is 20.4 Å². The van der Waals surface area contributed by atoms with Gasteiger partial charge >= 0.3 is 0 Å². The minimum atomic E-state index is -0.276. The molecule has 0 fully saturated rings. The van der Waals surface area contributed by atoms with Gasteiger partial charge in [-0.25, -0.2) is 0 Å². The first-order valence-electron chi connectivity index (χ1n) is 5.95. The first-order chi connectivity index (χ1) is 8.61. The molecule has 5 nitrogen and oxygen atoms in total. The number of aryl methyl sites for hydroxylation is 2. The van der Waals surface area contributed by atoms with Crippen LogP contribution in [0.15, 0.2) is 24.3 Å². The first kappa shape index (κ1) is 14.2. The van der Waals surface area contributed by atoms with Gasteiger partial charge in [-0.05, 0) is 18.9 Å². The van der Waals surface area contributed by atoms with Crippen LogP contribution in [0.3, 0.4) is 0 Å². The van der Waals surface area contributed by atoms with Crippen molar-refractivity contribution in [2.45, 2.75) is 26.2 Å². The number of benzene rings is 1. The summed E-state index contributed by atoms with van der Waals surface area (Å²) < 4.78 is 0. The third-order valence-corrected chi connectivity index (χ3v) is 2.44. The predicted molar refractivity (Wildman–Crippen MR) is 69.5 cm³/mol. The Morgan fingerprint density at radius 3 is 2.44 bits per heavy atom. The van der Waals surface area contributed by atoms with Crippen LogP contribution in [0.4, 0.5) is 0 Å². The molecule has 0 saturated carbocycles. The molecule has 0 bridgehead atoms. The maximum absolute atomic E-state index is 11.5. The van der Waals surface area contributed by atoms with Crippen LogP contribution in [-0.4, -0.2) is 18.4 Å². The van der Waals surface area contributed by atoms with Gasteiger partial charge < -0.3 is 5.73 Å². The van der Waals surface area contributed by atoms with E-state index in [1.165, 1.54) is 5.56 Å². The summed E-state index contributed by atoms with van der Waals surface area (Å²) in [6.45, 7) is 2.28. The van der Waals surface area contributed by atoms with Crippen molar-refractivity contribution in [3.8, 4) is 0 Å². The Labute approximate surface area is 107 Å². The molecule has 2 amide bonds. The number of nitrogens with two attached hydrogens (primary N) is 1. The van der Waals surface area contributed by atoms with E-state index >= 15 is 0 Å². The van der Waals surface area contributed by atoms with Gasteiger partial charge in [0.1, 0.15) is 0 Å². The molecule has 0 unspecified atom stereocenters. The lowest BCUT2D eigenvalue weighted by atomic mass is 10.1. The number of amides is 2. The summed E-state index contributed by atoms with van der Waals surface area (Å²) >= 11 is 0. The second-order valence-corrected chi connectivity index (χ2v) is 4.12. The van der Waals surface area contributed by atoms with E-state index in [-0.39, 0.29) is 24.8 Å². The van der Waals surface area contributed by atoms with Crippen LogP contribution in [0.2, 0.25) is 0 Å². The van der Waals surface area contributed by atoms with E-state index in [2.05, 4.69) is 10.9 Å². The SMILES string of the molecule is Cc1cccc(CCC(=O)NNC(=O)CCN)c1. The molecule has 4 N–H and O–H groups in total. The minimum Gasteiger partial charge on any atom is -0.330 e. The molecular formula is C13H19N3O2. The van der Waals surface area contributed by atoms with Gasteiger partial charge in [0.05, 0.1) is 0 Å². The van der Waals surface area contributed by atoms with Crippen LogP contribution in [0.1, 0.15) is 24.0 Å². The molecule has 1 rings (SSSR count). The predicted octanol–water partition coefficient (Wildman–Crippen LogP) is 0.424. The number of rotatable bonds is 5. The zero-order valence-electron chi connectivity index (χ0n) is 10.5. The van der Waals surface area contributed by atoms with Crippen molar-refractivity contribution in [2.75, 3.05) is 6.54 Å². The summed E-state index contributed by atoms with van der Waals surface area (Å²) in [7, 11) is 0. The largest absolute Gasteiger partial charge is 0.330 e. The second-order valence-electron chi connectivity index (χ2n) is 4.12. The smallest absolute Gasteiger partial charge is 0.239 e. The average Bonchev–Trinajstić information content (AvgIpc) is 2.34. The molecule has 1 aromatic carbocycles. The number of hydrogen-bond acceptors (Lipinski definition) is 3. The number of nitrogens with one attached hydrogen (secondary N) is 2. The molecule has 0 aromatic heterocycles. The monoisotopic (exact) mass is 249 g/mol. The molecule has 0 aliphatic carbocycles. The summed E-state index contributed by atoms with van der Waals surface area (Å²) in [6, 6.07) is 8.00. The Bertz CT molecular complexity index is 418. The maximum Gasteiger partial charge on any atom is 0.239 e. The Kier molecular flexibility index (Phi) is 5.87. The van der Waals surface area contributed by atoms with Crippen LogP contribution in [0.25, 0.3) is 0 Å². The van der Waals surface area contributed by atoms with Gasteiger partial charge in [-0.1, -0.05) is 29.8 Å². The quantitative estimate of drug-likeness (QED) is 0.661. The second kappa shape index (κ2) is 7.45. The Balaban J connectivity index is 2.27. The molecule has 0 atom stereocenters. The number of carbonyl (C=O) groups is 2. The summed E-state index contributed by atoms with van der Waals surface area (Å²) in [6.07, 6.45) is 1.20. The van der Waals surface area contributed by atoms with Crippen LogP contribution < -0.4 is 16.6 Å². The van der Waals surface area contributed by atoms with E-state index in [4.69, 9.17) is 5.73 Å². The lowest BCUT2D eigenvalue weighted by Gasteiger charge is -2.07. The molecule has 1 aromatic rings. The Morgan fingerprint density at radius 2 is 1.83 bits per heavy atom. The lowest BCUT2D eigenvalue weighted by Crippen LogP contribution is -2.42. The molecule has 5 heteroatoms. The van der Waals surface area contributed by atoms with E-state index in [1.807, 2.05) is 31.2 Å². The summed E-state index contributed by atoms with van der Waals surface area (Å²) in [5.74, 6) is -0.483. The molecule has 0 heterocycles. The van der Waals surface area contributed by atoms with Crippen molar-refractivity contribution >= 4 is 11.8 Å². The maximum atomic E-state index is 11.5. The fourth-order valence-electron chi connectivity index (χ4n) is 1.52.